The maximum atomic E-state index is 6.29. The average Bonchev–Trinajstić information content (AvgIpc) is 2.89. The Balaban J connectivity index is 1.92. The molecule has 178 valence electrons. The van der Waals surface area contributed by atoms with E-state index in [-0.39, 0.29) is 0 Å². The van der Waals surface area contributed by atoms with E-state index in [0.717, 1.165) is 33.0 Å². The summed E-state index contributed by atoms with van der Waals surface area (Å²) in [6.45, 7) is 9.69. The highest BCUT2D eigenvalue weighted by atomic mass is 16.5. The largest absolute Gasteiger partial charge is 0.493 e. The quantitative estimate of drug-likeness (QED) is 0.234. The van der Waals surface area contributed by atoms with Gasteiger partial charge in [0.05, 0.1) is 13.2 Å². The van der Waals surface area contributed by atoms with Crippen molar-refractivity contribution in [3.05, 3.63) is 96.1 Å². The van der Waals surface area contributed by atoms with Gasteiger partial charge < -0.3 is 9.47 Å². The van der Waals surface area contributed by atoms with Crippen LogP contribution in [0.15, 0.2) is 84.9 Å². The van der Waals surface area contributed by atoms with Crippen LogP contribution in [0.5, 0.6) is 11.5 Å². The summed E-state index contributed by atoms with van der Waals surface area (Å²) < 4.78 is 12.6. The van der Waals surface area contributed by atoms with Crippen molar-refractivity contribution in [1.82, 2.24) is 0 Å². The van der Waals surface area contributed by atoms with Crippen molar-refractivity contribution < 1.29 is 9.47 Å². The van der Waals surface area contributed by atoms with Gasteiger partial charge in [-0.25, -0.2) is 0 Å². The molecule has 0 aliphatic carbocycles. The molecule has 0 spiro atoms. The summed E-state index contributed by atoms with van der Waals surface area (Å²) in [6.07, 6.45) is 0. The molecular weight excluding hydrogens is 440 g/mol. The van der Waals surface area contributed by atoms with Gasteiger partial charge in [0.15, 0.2) is 0 Å². The molecule has 2 heteroatoms. The van der Waals surface area contributed by atoms with E-state index in [1.165, 1.54) is 43.8 Å². The number of fused-ring (bicyclic) bond motifs is 4. The molecule has 0 bridgehead atoms. The second kappa shape index (κ2) is 8.87. The molecule has 0 heterocycles. The Morgan fingerprint density at radius 2 is 0.806 bits per heavy atom. The Morgan fingerprint density at radius 3 is 1.19 bits per heavy atom. The maximum absolute atomic E-state index is 6.29. The van der Waals surface area contributed by atoms with Gasteiger partial charge in [-0.15, -0.1) is 0 Å². The Hall–Kier alpha value is -4.04. The number of rotatable bonds is 5. The Bertz CT molecular complexity index is 1650. The van der Waals surface area contributed by atoms with Crippen LogP contribution in [0, 0.1) is 13.8 Å². The molecule has 6 aromatic carbocycles. The zero-order chi connectivity index (χ0) is 24.8. The van der Waals surface area contributed by atoms with Crippen molar-refractivity contribution in [2.24, 2.45) is 0 Å². The molecule has 0 saturated heterocycles. The summed E-state index contributed by atoms with van der Waals surface area (Å²) in [5, 5.41) is 9.43. The maximum Gasteiger partial charge on any atom is 0.134 e. The van der Waals surface area contributed by atoms with Gasteiger partial charge in [0.25, 0.3) is 0 Å². The average molecular weight is 471 g/mol. The number of hydrogen-bond acceptors (Lipinski definition) is 2. The molecule has 0 atom stereocenters. The smallest absolute Gasteiger partial charge is 0.134 e. The van der Waals surface area contributed by atoms with Gasteiger partial charge >= 0.3 is 0 Å². The van der Waals surface area contributed by atoms with Gasteiger partial charge in [0.1, 0.15) is 11.5 Å². The molecule has 0 aromatic heterocycles. The number of aryl methyl sites for hydroxylation is 2. The molecule has 0 amide bonds. The monoisotopic (exact) mass is 470 g/mol. The first-order chi connectivity index (χ1) is 17.6. The number of ether oxygens (including phenoxy) is 2. The highest BCUT2D eigenvalue weighted by molar-refractivity contribution is 6.26. The van der Waals surface area contributed by atoms with E-state index >= 15 is 0 Å². The van der Waals surface area contributed by atoms with E-state index in [1.54, 1.807) is 0 Å². The number of hydrogen-bond donors (Lipinski definition) is 0. The van der Waals surface area contributed by atoms with E-state index in [0.29, 0.717) is 13.2 Å². The van der Waals surface area contributed by atoms with Crippen molar-refractivity contribution >= 4 is 43.1 Å². The second-order valence-electron chi connectivity index (χ2n) is 9.46. The lowest BCUT2D eigenvalue weighted by Gasteiger charge is -2.22. The minimum atomic E-state index is 0.625. The summed E-state index contributed by atoms with van der Waals surface area (Å²) in [7, 11) is 0. The van der Waals surface area contributed by atoms with Crippen LogP contribution in [-0.2, 0) is 0 Å². The van der Waals surface area contributed by atoms with Crippen molar-refractivity contribution in [3.63, 3.8) is 0 Å². The van der Waals surface area contributed by atoms with Gasteiger partial charge in [-0.2, -0.15) is 0 Å². The minimum absolute atomic E-state index is 0.625. The van der Waals surface area contributed by atoms with Crippen molar-refractivity contribution in [2.75, 3.05) is 13.2 Å². The van der Waals surface area contributed by atoms with Crippen molar-refractivity contribution in [1.29, 1.82) is 0 Å². The molecule has 6 rings (SSSR count). The molecular formula is C34H30O2. The lowest BCUT2D eigenvalue weighted by molar-refractivity contribution is 0.348. The molecule has 0 unspecified atom stereocenters. The minimum Gasteiger partial charge on any atom is -0.493 e. The third kappa shape index (κ3) is 3.40. The van der Waals surface area contributed by atoms with Gasteiger partial charge in [0.2, 0.25) is 0 Å². The lowest BCUT2D eigenvalue weighted by Crippen LogP contribution is -1.99. The Morgan fingerprint density at radius 1 is 0.444 bits per heavy atom. The van der Waals surface area contributed by atoms with Crippen LogP contribution in [-0.4, -0.2) is 13.2 Å². The fourth-order valence-electron chi connectivity index (χ4n) is 5.64. The first-order valence-electron chi connectivity index (χ1n) is 12.8. The zero-order valence-corrected chi connectivity index (χ0v) is 21.3. The molecule has 0 radical (unpaired) electrons. The van der Waals surface area contributed by atoms with Crippen LogP contribution < -0.4 is 9.47 Å². The van der Waals surface area contributed by atoms with Crippen LogP contribution in [0.3, 0.4) is 0 Å². The van der Waals surface area contributed by atoms with E-state index in [1.807, 2.05) is 0 Å². The normalized spacial score (nSPS) is 11.6. The van der Waals surface area contributed by atoms with Crippen LogP contribution in [0.2, 0.25) is 0 Å². The second-order valence-corrected chi connectivity index (χ2v) is 9.46. The van der Waals surface area contributed by atoms with Crippen LogP contribution in [0.25, 0.3) is 54.2 Å². The topological polar surface area (TPSA) is 18.5 Å². The summed E-state index contributed by atoms with van der Waals surface area (Å²) in [5.41, 5.74) is 4.97. The summed E-state index contributed by atoms with van der Waals surface area (Å²) in [6, 6.07) is 30.7. The highest BCUT2D eigenvalue weighted by Gasteiger charge is 2.22. The Kier molecular flexibility index (Phi) is 5.53. The molecule has 2 nitrogen and oxygen atoms in total. The van der Waals surface area contributed by atoms with Gasteiger partial charge in [0, 0.05) is 21.5 Å². The van der Waals surface area contributed by atoms with Gasteiger partial charge in [-0.05, 0) is 60.4 Å². The number of benzene rings is 6. The molecule has 0 aliphatic rings. The standard InChI is InChI=1S/C34H30O2/c1-5-35-33-25-13-9-7-11-23(25)31(29-19-21(3)15-17-27(29)33)32-24-12-8-10-14-26(24)34(36-6-2)28-18-16-22(4)20-30(28)32/h7-20H,5-6H2,1-4H3. The fourth-order valence-corrected chi connectivity index (χ4v) is 5.64. The molecule has 0 N–H and O–H groups in total. The zero-order valence-electron chi connectivity index (χ0n) is 21.3. The van der Waals surface area contributed by atoms with Gasteiger partial charge in [-0.3, -0.25) is 0 Å². The highest BCUT2D eigenvalue weighted by Crippen LogP contribution is 2.50. The first kappa shape index (κ1) is 22.4. The van der Waals surface area contributed by atoms with E-state index in [9.17, 15) is 0 Å². The first-order valence-corrected chi connectivity index (χ1v) is 12.8. The Labute approximate surface area is 212 Å². The summed E-state index contributed by atoms with van der Waals surface area (Å²) in [4.78, 5) is 0. The van der Waals surface area contributed by atoms with Crippen LogP contribution in [0.1, 0.15) is 25.0 Å². The van der Waals surface area contributed by atoms with E-state index in [2.05, 4.69) is 113 Å². The van der Waals surface area contributed by atoms with Crippen molar-refractivity contribution in [3.8, 4) is 22.6 Å². The fraction of sp³-hybridized carbons (Fsp3) is 0.176. The van der Waals surface area contributed by atoms with Gasteiger partial charge in [-0.1, -0.05) is 96.1 Å². The molecule has 6 aromatic rings. The molecule has 0 aliphatic heterocycles. The third-order valence-electron chi connectivity index (χ3n) is 7.09. The molecule has 0 fully saturated rings. The van der Waals surface area contributed by atoms with Crippen LogP contribution in [0.4, 0.5) is 0 Å². The predicted molar refractivity (Wildman–Crippen MR) is 154 cm³/mol. The molecule has 36 heavy (non-hydrogen) atoms. The van der Waals surface area contributed by atoms with Crippen LogP contribution >= 0.6 is 0 Å². The third-order valence-corrected chi connectivity index (χ3v) is 7.09. The summed E-state index contributed by atoms with van der Waals surface area (Å²) in [5.74, 6) is 1.92. The predicted octanol–water partition coefficient (Wildman–Crippen LogP) is 9.38. The lowest BCUT2D eigenvalue weighted by atomic mass is 9.84. The van der Waals surface area contributed by atoms with Crippen molar-refractivity contribution in [2.45, 2.75) is 27.7 Å². The SMILES string of the molecule is CCOc1c2ccccc2c(-c2c3ccccc3c(OCC)c3ccc(C)cc23)c2cc(C)ccc12. The van der Waals surface area contributed by atoms with E-state index in [4.69, 9.17) is 9.47 Å². The molecule has 0 saturated carbocycles. The van der Waals surface area contributed by atoms with E-state index < -0.39 is 0 Å². The summed E-state index contributed by atoms with van der Waals surface area (Å²) >= 11 is 0.